The van der Waals surface area contributed by atoms with Gasteiger partial charge in [-0.25, -0.2) is 9.59 Å². The van der Waals surface area contributed by atoms with Crippen molar-refractivity contribution in [3.05, 3.63) is 59.4 Å². The van der Waals surface area contributed by atoms with Gasteiger partial charge in [-0.2, -0.15) is 0 Å². The Bertz CT molecular complexity index is 848. The minimum Gasteiger partial charge on any atom is -0.309 e. The predicted octanol–water partition coefficient (Wildman–Crippen LogP) is 3.23. The minimum atomic E-state index is -0.657. The van der Waals surface area contributed by atoms with E-state index in [4.69, 9.17) is 4.84 Å². The highest BCUT2D eigenvalue weighted by molar-refractivity contribution is 6.11. The fourth-order valence-corrected chi connectivity index (χ4v) is 3.69. The third-order valence-electron chi connectivity index (χ3n) is 5.15. The number of imide groups is 1. The van der Waals surface area contributed by atoms with Gasteiger partial charge in [0.25, 0.3) is 0 Å². The summed E-state index contributed by atoms with van der Waals surface area (Å²) in [6.45, 7) is 2.90. The number of rotatable bonds is 3. The third-order valence-corrected chi connectivity index (χ3v) is 5.15. The highest BCUT2D eigenvalue weighted by Crippen LogP contribution is 2.24. The van der Waals surface area contributed by atoms with E-state index in [1.54, 1.807) is 24.1 Å². The quantitative estimate of drug-likeness (QED) is 0.835. The summed E-state index contributed by atoms with van der Waals surface area (Å²) in [7, 11) is 0. The van der Waals surface area contributed by atoms with Crippen LogP contribution in [0.25, 0.3) is 0 Å². The van der Waals surface area contributed by atoms with Crippen molar-refractivity contribution < 1.29 is 19.2 Å². The van der Waals surface area contributed by atoms with Gasteiger partial charge in [-0.3, -0.25) is 9.36 Å². The van der Waals surface area contributed by atoms with Gasteiger partial charge in [0.15, 0.2) is 0 Å². The molecule has 140 valence electrons. The molecule has 0 bridgehead atoms. The Morgan fingerprint density at radius 2 is 1.85 bits per heavy atom. The van der Waals surface area contributed by atoms with Crippen LogP contribution in [-0.4, -0.2) is 45.7 Å². The zero-order valence-electron chi connectivity index (χ0n) is 15.1. The highest BCUT2D eigenvalue weighted by Gasteiger charge is 2.40. The van der Waals surface area contributed by atoms with Crippen LogP contribution in [0.5, 0.6) is 0 Å². The summed E-state index contributed by atoms with van der Waals surface area (Å²) in [6.07, 6.45) is 3.62. The molecule has 0 atom stereocenters. The normalized spacial score (nSPS) is 17.4. The van der Waals surface area contributed by atoms with Gasteiger partial charge in [-0.05, 0) is 49.3 Å². The summed E-state index contributed by atoms with van der Waals surface area (Å²) in [5.74, 6) is -0.101. The summed E-state index contributed by atoms with van der Waals surface area (Å²) < 4.78 is 1.21. The van der Waals surface area contributed by atoms with Gasteiger partial charge >= 0.3 is 18.0 Å². The Labute approximate surface area is 157 Å². The molecule has 2 aliphatic rings. The van der Waals surface area contributed by atoms with Gasteiger partial charge in [-0.1, -0.05) is 35.4 Å². The predicted molar refractivity (Wildman–Crippen MR) is 97.1 cm³/mol. The molecule has 1 aromatic carbocycles. The number of hydroxylamine groups is 2. The molecule has 4 rings (SSSR count). The van der Waals surface area contributed by atoms with E-state index in [2.05, 4.69) is 12.1 Å². The zero-order chi connectivity index (χ0) is 19.0. The summed E-state index contributed by atoms with van der Waals surface area (Å²) in [5.41, 5.74) is 2.31. The van der Waals surface area contributed by atoms with Gasteiger partial charge < -0.3 is 9.74 Å². The van der Waals surface area contributed by atoms with Crippen LogP contribution < -0.4 is 0 Å². The molecule has 2 aromatic rings. The molecule has 1 saturated heterocycles. The molecule has 3 heterocycles. The van der Waals surface area contributed by atoms with Crippen molar-refractivity contribution in [2.24, 2.45) is 5.92 Å². The second-order valence-corrected chi connectivity index (χ2v) is 7.13. The van der Waals surface area contributed by atoms with Crippen LogP contribution in [0.1, 0.15) is 34.5 Å². The topological polar surface area (TPSA) is 71.8 Å². The molecule has 3 amide bonds. The summed E-state index contributed by atoms with van der Waals surface area (Å²) in [4.78, 5) is 43.6. The van der Waals surface area contributed by atoms with Crippen LogP contribution in [0, 0.1) is 12.8 Å². The number of carbonyl (C=O) groups is 3. The van der Waals surface area contributed by atoms with Gasteiger partial charge in [0.2, 0.25) is 0 Å². The van der Waals surface area contributed by atoms with E-state index in [0.717, 1.165) is 24.8 Å². The summed E-state index contributed by atoms with van der Waals surface area (Å²) in [5, 5.41) is 0.549. The molecule has 0 N–H and O–H groups in total. The number of fused-ring (bicyclic) bond motifs is 1. The molecular weight excluding hydrogens is 346 g/mol. The number of amides is 3. The lowest BCUT2D eigenvalue weighted by Crippen LogP contribution is -2.44. The van der Waals surface area contributed by atoms with E-state index in [0.29, 0.717) is 24.1 Å². The van der Waals surface area contributed by atoms with Crippen LogP contribution >= 0.6 is 0 Å². The van der Waals surface area contributed by atoms with E-state index >= 15 is 0 Å². The van der Waals surface area contributed by atoms with Gasteiger partial charge in [0.1, 0.15) is 5.69 Å². The zero-order valence-corrected chi connectivity index (χ0v) is 15.1. The molecule has 1 aromatic heterocycles. The monoisotopic (exact) mass is 367 g/mol. The largest absolute Gasteiger partial charge is 0.434 e. The number of piperidine rings is 1. The molecule has 27 heavy (non-hydrogen) atoms. The Morgan fingerprint density at radius 1 is 1.15 bits per heavy atom. The average molecular weight is 367 g/mol. The number of aromatic nitrogens is 1. The Balaban J connectivity index is 1.32. The van der Waals surface area contributed by atoms with Crippen molar-refractivity contribution in [1.82, 2.24) is 14.5 Å². The van der Waals surface area contributed by atoms with Crippen molar-refractivity contribution in [2.45, 2.75) is 26.2 Å². The van der Waals surface area contributed by atoms with Crippen LogP contribution in [0.2, 0.25) is 0 Å². The summed E-state index contributed by atoms with van der Waals surface area (Å²) >= 11 is 0. The molecule has 0 spiro atoms. The average Bonchev–Trinajstić information content (AvgIpc) is 3.16. The van der Waals surface area contributed by atoms with E-state index < -0.39 is 18.0 Å². The molecule has 1 fully saturated rings. The number of benzene rings is 1. The van der Waals surface area contributed by atoms with Crippen LogP contribution in [-0.2, 0) is 11.3 Å². The number of likely N-dealkylation sites (tertiary alicyclic amines) is 1. The lowest BCUT2D eigenvalue weighted by atomic mass is 9.90. The first kappa shape index (κ1) is 17.3. The molecule has 7 heteroatoms. The fraction of sp³-hybridized carbons (Fsp3) is 0.350. The number of hydrogen-bond donors (Lipinski definition) is 0. The molecule has 0 radical (unpaired) electrons. The molecule has 7 nitrogen and oxygen atoms in total. The van der Waals surface area contributed by atoms with Crippen molar-refractivity contribution in [1.29, 1.82) is 0 Å². The van der Waals surface area contributed by atoms with Crippen molar-refractivity contribution in [2.75, 3.05) is 13.1 Å². The maximum Gasteiger partial charge on any atom is 0.434 e. The van der Waals surface area contributed by atoms with Crippen molar-refractivity contribution in [3.8, 4) is 0 Å². The van der Waals surface area contributed by atoms with Crippen LogP contribution in [0.15, 0.2) is 42.6 Å². The first-order valence-corrected chi connectivity index (χ1v) is 9.11. The van der Waals surface area contributed by atoms with Gasteiger partial charge in [0.05, 0.1) is 0 Å². The standard InChI is InChI=1S/C20H21N3O4/c1-14-11-17-18(24)23(19(25)22(17)13-14)27-20(26)21-9-7-16(8-10-21)12-15-5-3-2-4-6-15/h2-6,11,13,16H,7-10,12H2,1H3. The Morgan fingerprint density at radius 3 is 2.52 bits per heavy atom. The number of nitrogens with zero attached hydrogens (tertiary/aromatic N) is 3. The number of carbonyl (C=O) groups excluding carboxylic acids is 3. The van der Waals surface area contributed by atoms with E-state index in [9.17, 15) is 14.4 Å². The molecule has 0 saturated carbocycles. The second kappa shape index (κ2) is 6.90. The van der Waals surface area contributed by atoms with E-state index in [1.165, 1.54) is 10.1 Å². The smallest absolute Gasteiger partial charge is 0.309 e. The second-order valence-electron chi connectivity index (χ2n) is 7.13. The maximum absolute atomic E-state index is 12.4. The van der Waals surface area contributed by atoms with Crippen LogP contribution in [0.4, 0.5) is 9.59 Å². The lowest BCUT2D eigenvalue weighted by Gasteiger charge is -2.31. The van der Waals surface area contributed by atoms with Gasteiger partial charge in [0, 0.05) is 19.3 Å². The first-order chi connectivity index (χ1) is 13.0. The molecule has 2 aliphatic heterocycles. The lowest BCUT2D eigenvalue weighted by molar-refractivity contribution is -0.0488. The van der Waals surface area contributed by atoms with E-state index in [-0.39, 0.29) is 5.69 Å². The highest BCUT2D eigenvalue weighted by atomic mass is 16.7. The third kappa shape index (κ3) is 3.32. The first-order valence-electron chi connectivity index (χ1n) is 9.11. The summed E-state index contributed by atoms with van der Waals surface area (Å²) in [6, 6.07) is 11.2. The molecule has 0 aliphatic carbocycles. The molecule has 0 unspecified atom stereocenters. The van der Waals surface area contributed by atoms with Crippen molar-refractivity contribution in [3.63, 3.8) is 0 Å². The Hall–Kier alpha value is -3.09. The number of aryl methyl sites for hydroxylation is 1. The Kier molecular flexibility index (Phi) is 4.43. The van der Waals surface area contributed by atoms with E-state index in [1.807, 2.05) is 18.2 Å². The number of hydrogen-bond acceptors (Lipinski definition) is 4. The minimum absolute atomic E-state index is 0.215. The van der Waals surface area contributed by atoms with Crippen LogP contribution in [0.3, 0.4) is 0 Å². The fourth-order valence-electron chi connectivity index (χ4n) is 3.69. The van der Waals surface area contributed by atoms with Crippen molar-refractivity contribution >= 4 is 18.0 Å². The van der Waals surface area contributed by atoms with Gasteiger partial charge in [-0.15, -0.1) is 0 Å². The maximum atomic E-state index is 12.4. The molecular formula is C20H21N3O4. The SMILES string of the molecule is Cc1cc2n(c1)C(=O)N(OC(=O)N1CCC(Cc3ccccc3)CC1)C2=O.